The molecular weight excluding hydrogens is 322 g/mol. The van der Waals surface area contributed by atoms with Gasteiger partial charge in [-0.2, -0.15) is 0 Å². The van der Waals surface area contributed by atoms with Gasteiger partial charge in [-0.05, 0) is 49.3 Å². The van der Waals surface area contributed by atoms with Crippen LogP contribution in [0.15, 0.2) is 36.7 Å². The lowest BCUT2D eigenvalue weighted by Gasteiger charge is -2.30. The van der Waals surface area contributed by atoms with Gasteiger partial charge in [-0.3, -0.25) is 9.36 Å². The first-order chi connectivity index (χ1) is 11.6. The van der Waals surface area contributed by atoms with E-state index < -0.39 is 0 Å². The fourth-order valence-electron chi connectivity index (χ4n) is 2.82. The van der Waals surface area contributed by atoms with E-state index in [0.717, 1.165) is 18.5 Å². The second kappa shape index (κ2) is 8.80. The third kappa shape index (κ3) is 4.13. The quantitative estimate of drug-likeness (QED) is 0.739. The topological polar surface area (TPSA) is 50.3 Å². The summed E-state index contributed by atoms with van der Waals surface area (Å²) in [5.41, 5.74) is 1.62. The molecule has 0 fully saturated rings. The first kappa shape index (κ1) is 18.4. The number of aromatic amines is 1. The number of ether oxygens (including phenoxy) is 1. The SMILES string of the molecule is CCC(CC)N(CCOC)C(=O)c1ccc(-n2cc[nH]c2=S)cc1. The highest BCUT2D eigenvalue weighted by Gasteiger charge is 2.22. The zero-order valence-corrected chi connectivity index (χ0v) is 15.3. The minimum absolute atomic E-state index is 0.0463. The van der Waals surface area contributed by atoms with E-state index in [-0.39, 0.29) is 11.9 Å². The number of benzene rings is 1. The largest absolute Gasteiger partial charge is 0.383 e. The molecule has 0 unspecified atom stereocenters. The molecule has 2 rings (SSSR count). The number of amides is 1. The monoisotopic (exact) mass is 347 g/mol. The van der Waals surface area contributed by atoms with Gasteiger partial charge in [0.15, 0.2) is 4.77 Å². The van der Waals surface area contributed by atoms with E-state index in [2.05, 4.69) is 18.8 Å². The predicted molar refractivity (Wildman–Crippen MR) is 98.2 cm³/mol. The summed E-state index contributed by atoms with van der Waals surface area (Å²) in [6.07, 6.45) is 5.53. The molecule has 24 heavy (non-hydrogen) atoms. The van der Waals surface area contributed by atoms with Crippen molar-refractivity contribution in [1.82, 2.24) is 14.5 Å². The van der Waals surface area contributed by atoms with Crippen LogP contribution >= 0.6 is 12.2 Å². The average molecular weight is 347 g/mol. The van der Waals surface area contributed by atoms with Crippen LogP contribution in [0, 0.1) is 4.77 Å². The molecule has 0 atom stereocenters. The van der Waals surface area contributed by atoms with Crippen molar-refractivity contribution in [2.24, 2.45) is 0 Å². The van der Waals surface area contributed by atoms with Gasteiger partial charge in [-0.15, -0.1) is 0 Å². The number of imidazole rings is 1. The van der Waals surface area contributed by atoms with Crippen molar-refractivity contribution in [2.45, 2.75) is 32.7 Å². The number of methoxy groups -OCH3 is 1. The van der Waals surface area contributed by atoms with E-state index in [4.69, 9.17) is 17.0 Å². The van der Waals surface area contributed by atoms with Gasteiger partial charge < -0.3 is 14.6 Å². The summed E-state index contributed by atoms with van der Waals surface area (Å²) in [6.45, 7) is 5.36. The first-order valence-corrected chi connectivity index (χ1v) is 8.69. The predicted octanol–water partition coefficient (Wildman–Crippen LogP) is 3.81. The number of nitrogens with one attached hydrogen (secondary N) is 1. The molecular formula is C18H25N3O2S. The van der Waals surface area contributed by atoms with Crippen molar-refractivity contribution in [3.8, 4) is 5.69 Å². The third-order valence-corrected chi connectivity index (χ3v) is 4.54. The molecule has 1 aromatic carbocycles. The molecule has 1 heterocycles. The number of rotatable bonds is 8. The van der Waals surface area contributed by atoms with Crippen LogP contribution in [0.2, 0.25) is 0 Å². The molecule has 1 N–H and O–H groups in total. The van der Waals surface area contributed by atoms with Gasteiger partial charge in [0.25, 0.3) is 5.91 Å². The van der Waals surface area contributed by atoms with Gasteiger partial charge in [-0.1, -0.05) is 13.8 Å². The average Bonchev–Trinajstić information content (AvgIpc) is 3.04. The van der Waals surface area contributed by atoms with Gasteiger partial charge in [0.05, 0.1) is 6.61 Å². The fraction of sp³-hybridized carbons (Fsp3) is 0.444. The molecule has 0 aliphatic heterocycles. The summed E-state index contributed by atoms with van der Waals surface area (Å²) in [4.78, 5) is 17.8. The molecule has 6 heteroatoms. The lowest BCUT2D eigenvalue weighted by Crippen LogP contribution is -2.41. The van der Waals surface area contributed by atoms with Crippen LogP contribution in [0.4, 0.5) is 0 Å². The molecule has 2 aromatic rings. The molecule has 0 radical (unpaired) electrons. The third-order valence-electron chi connectivity index (χ3n) is 4.22. The summed E-state index contributed by atoms with van der Waals surface area (Å²) >= 11 is 5.23. The fourth-order valence-corrected chi connectivity index (χ4v) is 3.06. The van der Waals surface area contributed by atoms with Crippen LogP contribution in [0.25, 0.3) is 5.69 Å². The molecule has 1 aromatic heterocycles. The Bertz CT molecular complexity index is 702. The summed E-state index contributed by atoms with van der Waals surface area (Å²) < 4.78 is 7.67. The number of carbonyl (C=O) groups is 1. The maximum atomic E-state index is 12.9. The van der Waals surface area contributed by atoms with Crippen molar-refractivity contribution in [3.63, 3.8) is 0 Å². The molecule has 0 aliphatic rings. The Morgan fingerprint density at radius 2 is 1.96 bits per heavy atom. The van der Waals surface area contributed by atoms with E-state index in [1.807, 2.05) is 39.9 Å². The van der Waals surface area contributed by atoms with Gasteiger partial charge in [-0.25, -0.2) is 0 Å². The normalized spacial score (nSPS) is 11.0. The van der Waals surface area contributed by atoms with Crippen molar-refractivity contribution in [1.29, 1.82) is 0 Å². The lowest BCUT2D eigenvalue weighted by atomic mass is 10.1. The lowest BCUT2D eigenvalue weighted by molar-refractivity contribution is 0.0589. The minimum Gasteiger partial charge on any atom is -0.383 e. The maximum absolute atomic E-state index is 12.9. The Balaban J connectivity index is 2.23. The zero-order chi connectivity index (χ0) is 17.5. The summed E-state index contributed by atoms with van der Waals surface area (Å²) in [6, 6.07) is 7.77. The van der Waals surface area contributed by atoms with Crippen molar-refractivity contribution in [2.75, 3.05) is 20.3 Å². The first-order valence-electron chi connectivity index (χ1n) is 8.28. The number of carbonyl (C=O) groups excluding carboxylic acids is 1. The summed E-state index contributed by atoms with van der Waals surface area (Å²) in [5.74, 6) is 0.0463. The second-order valence-corrected chi connectivity index (χ2v) is 6.03. The Hall–Kier alpha value is -1.92. The van der Waals surface area contributed by atoms with Crippen LogP contribution in [-0.4, -0.2) is 46.7 Å². The van der Waals surface area contributed by atoms with Crippen LogP contribution in [0.5, 0.6) is 0 Å². The molecule has 0 saturated carbocycles. The number of H-pyrrole nitrogens is 1. The number of hydrogen-bond acceptors (Lipinski definition) is 3. The van der Waals surface area contributed by atoms with Crippen molar-refractivity contribution in [3.05, 3.63) is 47.0 Å². The standard InChI is InChI=1S/C18H25N3O2S/c1-4-15(5-2)20(12-13-23-3)17(22)14-6-8-16(9-7-14)21-11-10-19-18(21)24/h6-11,15H,4-5,12-13H2,1-3H3,(H,19,24). The highest BCUT2D eigenvalue weighted by molar-refractivity contribution is 7.71. The number of nitrogens with zero attached hydrogens (tertiary/aromatic N) is 2. The van der Waals surface area contributed by atoms with E-state index in [1.165, 1.54) is 0 Å². The highest BCUT2D eigenvalue weighted by atomic mass is 32.1. The van der Waals surface area contributed by atoms with Crippen LogP contribution in [0.3, 0.4) is 0 Å². The molecule has 1 amide bonds. The number of hydrogen-bond donors (Lipinski definition) is 1. The molecule has 130 valence electrons. The molecule has 0 bridgehead atoms. The van der Waals surface area contributed by atoms with Crippen LogP contribution in [0.1, 0.15) is 37.0 Å². The van der Waals surface area contributed by atoms with Crippen molar-refractivity contribution < 1.29 is 9.53 Å². The summed E-state index contributed by atoms with van der Waals surface area (Å²) in [7, 11) is 1.66. The van der Waals surface area contributed by atoms with Gasteiger partial charge >= 0.3 is 0 Å². The molecule has 0 saturated heterocycles. The van der Waals surface area contributed by atoms with Gasteiger partial charge in [0, 0.05) is 43.3 Å². The molecule has 0 aliphatic carbocycles. The van der Waals surface area contributed by atoms with E-state index in [1.54, 1.807) is 13.3 Å². The van der Waals surface area contributed by atoms with E-state index >= 15 is 0 Å². The smallest absolute Gasteiger partial charge is 0.254 e. The maximum Gasteiger partial charge on any atom is 0.254 e. The Morgan fingerprint density at radius 3 is 2.46 bits per heavy atom. The minimum atomic E-state index is 0.0463. The highest BCUT2D eigenvalue weighted by Crippen LogP contribution is 2.16. The molecule has 5 nitrogen and oxygen atoms in total. The number of aromatic nitrogens is 2. The van der Waals surface area contributed by atoms with Crippen LogP contribution in [-0.2, 0) is 4.74 Å². The van der Waals surface area contributed by atoms with Crippen molar-refractivity contribution >= 4 is 18.1 Å². The molecule has 0 spiro atoms. The van der Waals surface area contributed by atoms with E-state index in [9.17, 15) is 4.79 Å². The zero-order valence-electron chi connectivity index (χ0n) is 14.5. The van der Waals surface area contributed by atoms with E-state index in [0.29, 0.717) is 23.5 Å². The van der Waals surface area contributed by atoms with Gasteiger partial charge in [0.1, 0.15) is 0 Å². The van der Waals surface area contributed by atoms with Gasteiger partial charge in [0.2, 0.25) is 0 Å². The van der Waals surface area contributed by atoms with Crippen LogP contribution < -0.4 is 0 Å². The Kier molecular flexibility index (Phi) is 6.75. The second-order valence-electron chi connectivity index (χ2n) is 5.64. The Morgan fingerprint density at radius 1 is 1.29 bits per heavy atom. The summed E-state index contributed by atoms with van der Waals surface area (Å²) in [5, 5.41) is 0. The Labute approximate surface area is 148 Å².